The highest BCUT2D eigenvalue weighted by Crippen LogP contribution is 2.13. The van der Waals surface area contributed by atoms with Crippen molar-refractivity contribution in [2.24, 2.45) is 5.10 Å². The van der Waals surface area contributed by atoms with Crippen molar-refractivity contribution in [3.8, 4) is 0 Å². The topological polar surface area (TPSA) is 69.4 Å². The first-order valence-corrected chi connectivity index (χ1v) is 7.93. The van der Waals surface area contributed by atoms with Gasteiger partial charge in [0.05, 0.1) is 17.0 Å². The van der Waals surface area contributed by atoms with Crippen LogP contribution in [0.5, 0.6) is 0 Å². The monoisotopic (exact) mass is 354 g/mol. The molecule has 0 bridgehead atoms. The molecule has 0 radical (unpaired) electrons. The van der Waals surface area contributed by atoms with Gasteiger partial charge in [-0.05, 0) is 55.5 Å². The van der Waals surface area contributed by atoms with Crippen LogP contribution >= 0.6 is 11.6 Å². The van der Waals surface area contributed by atoms with Crippen LogP contribution in [0.1, 0.15) is 27.3 Å². The van der Waals surface area contributed by atoms with E-state index in [4.69, 9.17) is 16.3 Å². The maximum atomic E-state index is 12.4. The van der Waals surface area contributed by atoms with Crippen molar-refractivity contribution in [2.45, 2.75) is 13.8 Å². The van der Waals surface area contributed by atoms with E-state index in [2.05, 4.69) is 15.4 Å². The molecule has 0 fully saturated rings. The number of esters is 1. The van der Waals surface area contributed by atoms with Gasteiger partial charge < -0.3 is 4.74 Å². The second-order valence-electron chi connectivity index (χ2n) is 5.32. The Morgan fingerprint density at radius 1 is 1.04 bits per heavy atom. The van der Waals surface area contributed by atoms with Gasteiger partial charge in [-0.3, -0.25) is 0 Å². The standard InChI is InChI=1S/C18H15ClN4O2/c1-12-13(2)23(22-20-12)21-17(14-6-4-3-5-7-14)25-18(24)15-8-10-16(19)11-9-15/h3-11H,1-2H3/b21-17+. The molecule has 1 heterocycles. The molecule has 0 N–H and O–H groups in total. The summed E-state index contributed by atoms with van der Waals surface area (Å²) in [6.07, 6.45) is 0. The zero-order valence-corrected chi connectivity index (χ0v) is 14.4. The number of nitrogens with zero attached hydrogens (tertiary/aromatic N) is 4. The van der Waals surface area contributed by atoms with Crippen LogP contribution in [-0.2, 0) is 4.74 Å². The molecule has 0 aliphatic rings. The first-order valence-electron chi connectivity index (χ1n) is 7.55. The Labute approximate surface area is 149 Å². The van der Waals surface area contributed by atoms with Crippen LogP contribution in [0.2, 0.25) is 5.02 Å². The van der Waals surface area contributed by atoms with E-state index in [1.807, 2.05) is 32.0 Å². The van der Waals surface area contributed by atoms with E-state index >= 15 is 0 Å². The molecule has 0 spiro atoms. The molecule has 7 heteroatoms. The van der Waals surface area contributed by atoms with E-state index in [1.165, 1.54) is 4.79 Å². The molecule has 25 heavy (non-hydrogen) atoms. The van der Waals surface area contributed by atoms with Crippen LogP contribution < -0.4 is 0 Å². The Bertz CT molecular complexity index is 918. The minimum Gasteiger partial charge on any atom is -0.402 e. The number of rotatable bonds is 3. The number of aromatic nitrogens is 3. The molecule has 0 aliphatic heterocycles. The van der Waals surface area contributed by atoms with Crippen LogP contribution in [0.4, 0.5) is 0 Å². The molecule has 3 rings (SSSR count). The summed E-state index contributed by atoms with van der Waals surface area (Å²) >= 11 is 5.85. The Hall–Kier alpha value is -2.99. The largest absolute Gasteiger partial charge is 0.402 e. The summed E-state index contributed by atoms with van der Waals surface area (Å²) in [5.74, 6) is -0.401. The average Bonchev–Trinajstić information content (AvgIpc) is 2.94. The molecule has 6 nitrogen and oxygen atoms in total. The van der Waals surface area contributed by atoms with E-state index in [0.717, 1.165) is 11.4 Å². The van der Waals surface area contributed by atoms with Crippen molar-refractivity contribution in [1.29, 1.82) is 0 Å². The van der Waals surface area contributed by atoms with Gasteiger partial charge in [-0.15, -0.1) is 15.0 Å². The summed E-state index contributed by atoms with van der Waals surface area (Å²) in [7, 11) is 0. The lowest BCUT2D eigenvalue weighted by Gasteiger charge is -2.08. The van der Waals surface area contributed by atoms with Crippen molar-refractivity contribution >= 4 is 23.5 Å². The third-order valence-corrected chi connectivity index (χ3v) is 3.83. The fraction of sp³-hybridized carbons (Fsp3) is 0.111. The first kappa shape index (κ1) is 16.9. The highest BCUT2D eigenvalue weighted by atomic mass is 35.5. The number of carbonyl (C=O) groups is 1. The van der Waals surface area contributed by atoms with E-state index < -0.39 is 5.97 Å². The van der Waals surface area contributed by atoms with E-state index in [1.54, 1.807) is 36.4 Å². The lowest BCUT2D eigenvalue weighted by atomic mass is 10.2. The van der Waals surface area contributed by atoms with Gasteiger partial charge in [-0.1, -0.05) is 29.8 Å². The summed E-state index contributed by atoms with van der Waals surface area (Å²) < 4.78 is 5.51. The number of aryl methyl sites for hydroxylation is 1. The molecule has 3 aromatic rings. The second-order valence-corrected chi connectivity index (χ2v) is 5.75. The van der Waals surface area contributed by atoms with Gasteiger partial charge in [0, 0.05) is 10.6 Å². The van der Waals surface area contributed by atoms with Crippen molar-refractivity contribution < 1.29 is 9.53 Å². The predicted molar refractivity (Wildman–Crippen MR) is 94.7 cm³/mol. The van der Waals surface area contributed by atoms with Crippen molar-refractivity contribution in [3.05, 3.63) is 82.1 Å². The fourth-order valence-electron chi connectivity index (χ4n) is 2.03. The van der Waals surface area contributed by atoms with Crippen LogP contribution in [0, 0.1) is 13.8 Å². The molecule has 0 saturated heterocycles. The van der Waals surface area contributed by atoms with Gasteiger partial charge in [0.2, 0.25) is 5.90 Å². The Morgan fingerprint density at radius 2 is 1.72 bits per heavy atom. The maximum absolute atomic E-state index is 12.4. The molecular formula is C18H15ClN4O2. The highest BCUT2D eigenvalue weighted by molar-refractivity contribution is 6.30. The molecule has 0 aliphatic carbocycles. The number of halogens is 1. The van der Waals surface area contributed by atoms with Gasteiger partial charge in [0.25, 0.3) is 0 Å². The second kappa shape index (κ2) is 7.27. The number of hydrogen-bond donors (Lipinski definition) is 0. The molecule has 1 aromatic heterocycles. The van der Waals surface area contributed by atoms with Crippen LogP contribution in [0.3, 0.4) is 0 Å². The van der Waals surface area contributed by atoms with Crippen molar-refractivity contribution in [2.75, 3.05) is 0 Å². The SMILES string of the molecule is Cc1nnn(/N=C(/OC(=O)c2ccc(Cl)cc2)c2ccccc2)c1C. The van der Waals surface area contributed by atoms with Crippen LogP contribution in [0.25, 0.3) is 0 Å². The van der Waals surface area contributed by atoms with Gasteiger partial charge in [-0.2, -0.15) is 0 Å². The zero-order chi connectivity index (χ0) is 17.8. The molecular weight excluding hydrogens is 340 g/mol. The minimum atomic E-state index is -0.534. The Kier molecular flexibility index (Phi) is 4.90. The quantitative estimate of drug-likeness (QED) is 0.409. The Morgan fingerprint density at radius 3 is 2.32 bits per heavy atom. The molecule has 0 unspecified atom stereocenters. The van der Waals surface area contributed by atoms with Gasteiger partial charge in [-0.25, -0.2) is 4.79 Å². The number of ether oxygens (including phenoxy) is 1. The summed E-state index contributed by atoms with van der Waals surface area (Å²) in [5.41, 5.74) is 2.54. The zero-order valence-electron chi connectivity index (χ0n) is 13.7. The number of hydrogen-bond acceptors (Lipinski definition) is 5. The first-order chi connectivity index (χ1) is 12.0. The third kappa shape index (κ3) is 3.92. The van der Waals surface area contributed by atoms with Gasteiger partial charge >= 0.3 is 5.97 Å². The van der Waals surface area contributed by atoms with Gasteiger partial charge in [0.15, 0.2) is 0 Å². The molecule has 0 saturated carbocycles. The average molecular weight is 355 g/mol. The van der Waals surface area contributed by atoms with Crippen molar-refractivity contribution in [3.63, 3.8) is 0 Å². The maximum Gasteiger partial charge on any atom is 0.344 e. The van der Waals surface area contributed by atoms with Crippen LogP contribution in [-0.4, -0.2) is 27.0 Å². The molecule has 0 atom stereocenters. The summed E-state index contributed by atoms with van der Waals surface area (Å²) in [6, 6.07) is 15.6. The van der Waals surface area contributed by atoms with Crippen molar-refractivity contribution in [1.82, 2.24) is 15.1 Å². The van der Waals surface area contributed by atoms with E-state index in [9.17, 15) is 4.79 Å². The molecule has 0 amide bonds. The van der Waals surface area contributed by atoms with Gasteiger partial charge in [0.1, 0.15) is 0 Å². The Balaban J connectivity index is 1.96. The summed E-state index contributed by atoms with van der Waals surface area (Å²) in [4.78, 5) is 13.8. The van der Waals surface area contributed by atoms with Crippen LogP contribution in [0.15, 0.2) is 59.7 Å². The summed E-state index contributed by atoms with van der Waals surface area (Å²) in [5, 5.41) is 12.8. The minimum absolute atomic E-state index is 0.133. The van der Waals surface area contributed by atoms with E-state index in [-0.39, 0.29) is 5.90 Å². The summed E-state index contributed by atoms with van der Waals surface area (Å²) in [6.45, 7) is 3.67. The molecule has 2 aromatic carbocycles. The third-order valence-electron chi connectivity index (χ3n) is 3.58. The molecule has 126 valence electrons. The number of benzene rings is 2. The number of carbonyl (C=O) groups excluding carboxylic acids is 1. The fourth-order valence-corrected chi connectivity index (χ4v) is 2.15. The predicted octanol–water partition coefficient (Wildman–Crippen LogP) is 3.62. The highest BCUT2D eigenvalue weighted by Gasteiger charge is 2.15. The normalized spacial score (nSPS) is 11.4. The van der Waals surface area contributed by atoms with E-state index in [0.29, 0.717) is 16.1 Å². The lowest BCUT2D eigenvalue weighted by molar-refractivity contribution is 0.0716. The smallest absolute Gasteiger partial charge is 0.344 e. The lowest BCUT2D eigenvalue weighted by Crippen LogP contribution is -2.16.